The summed E-state index contributed by atoms with van der Waals surface area (Å²) in [6, 6.07) is 24.4. The number of hydrogen-bond donors (Lipinski definition) is 3. The maximum atomic E-state index is 15.0. The first kappa shape index (κ1) is 61.1. The van der Waals surface area contributed by atoms with Crippen molar-refractivity contribution in [2.24, 2.45) is 17.6 Å². The molecule has 82 heavy (non-hydrogen) atoms. The summed E-state index contributed by atoms with van der Waals surface area (Å²) in [5, 5.41) is 10.9. The number of nitrogens with zero attached hydrogens (tertiary/aromatic N) is 7. The number of benzene rings is 4. The molecule has 1 saturated carbocycles. The summed E-state index contributed by atoms with van der Waals surface area (Å²) >= 11 is 0. The Labute approximate surface area is 479 Å². The molecular formula is C63H81F3N10O6. The van der Waals surface area contributed by atoms with Crippen LogP contribution in [0.3, 0.4) is 0 Å². The quantitative estimate of drug-likeness (QED) is 0.101. The normalized spacial score (nSPS) is 19.4. The second-order valence-corrected chi connectivity index (χ2v) is 22.9. The van der Waals surface area contributed by atoms with Crippen LogP contribution in [0.25, 0.3) is 10.8 Å². The van der Waals surface area contributed by atoms with Gasteiger partial charge in [-0.3, -0.25) is 38.6 Å². The molecule has 1 unspecified atom stereocenters. The van der Waals surface area contributed by atoms with Gasteiger partial charge in [-0.2, -0.15) is 5.10 Å². The van der Waals surface area contributed by atoms with Gasteiger partial charge in [-0.1, -0.05) is 67.8 Å². The summed E-state index contributed by atoms with van der Waals surface area (Å²) in [5.74, 6) is -0.917. The molecule has 4 aliphatic heterocycles. The van der Waals surface area contributed by atoms with Crippen molar-refractivity contribution in [1.82, 2.24) is 44.9 Å². The first-order valence-corrected chi connectivity index (χ1v) is 29.4. The fourth-order valence-corrected chi connectivity index (χ4v) is 12.3. The molecule has 4 N–H and O–H groups in total. The van der Waals surface area contributed by atoms with Crippen molar-refractivity contribution in [2.45, 2.75) is 110 Å². The van der Waals surface area contributed by atoms with E-state index in [2.05, 4.69) is 44.1 Å². The lowest BCUT2D eigenvalue weighted by Crippen LogP contribution is -2.59. The van der Waals surface area contributed by atoms with Crippen LogP contribution in [0.5, 0.6) is 0 Å². The standard InChI is InChI=1S/C42H56FN7O4.C14H18F2N2O.C7H7NO/c1-29-25-47(26-30(2)50(29)39(51)24-31-8-4-3-5-9-31)27-32-14-16-46(17-15-32)28-40(52)48-18-20-49(21-19-48)42(54)36-22-33(12-13-37(36)43)23-38-34-10-6-7-11-35(34)41(53)45-44-38;15-12-5-4-11(13(16)8-12)9-17-10-14(19)18-6-2-1-3-7-18;8-7(9)6-4-2-1-3-5-6/h6-7,10-13,22,29-32H,3-5,8-9,14-21,23-28H2,1-2H3,(H,45,53);4-5,8,17H,1-3,6-7,9-10H2;1-5H,(H2,8,9)/t29-,30?;;/m1../s1. The molecule has 5 heterocycles. The monoisotopic (exact) mass is 1130 g/mol. The molecule has 1 aromatic heterocycles. The van der Waals surface area contributed by atoms with Crippen molar-refractivity contribution >= 4 is 40.3 Å². The molecule has 1 aliphatic carbocycles. The second-order valence-electron chi connectivity index (χ2n) is 22.9. The third kappa shape index (κ3) is 17.1. The van der Waals surface area contributed by atoms with Crippen LogP contribution in [0.4, 0.5) is 13.2 Å². The predicted molar refractivity (Wildman–Crippen MR) is 310 cm³/mol. The van der Waals surface area contributed by atoms with Crippen LogP contribution in [0, 0.1) is 29.3 Å². The Morgan fingerprint density at radius 3 is 1.93 bits per heavy atom. The van der Waals surface area contributed by atoms with Crippen molar-refractivity contribution < 1.29 is 37.1 Å². The van der Waals surface area contributed by atoms with E-state index >= 15 is 0 Å². The number of likely N-dealkylation sites (tertiary alicyclic amines) is 2. The summed E-state index contributed by atoms with van der Waals surface area (Å²) in [6.07, 6.45) is 12.7. The van der Waals surface area contributed by atoms with Gasteiger partial charge >= 0.3 is 0 Å². The number of nitrogens with two attached hydrogens (primary N) is 1. The van der Waals surface area contributed by atoms with Gasteiger partial charge in [0.05, 0.1) is 29.7 Å². The van der Waals surface area contributed by atoms with Crippen LogP contribution < -0.4 is 16.6 Å². The topological polar surface area (TPSA) is 189 Å². The van der Waals surface area contributed by atoms with E-state index in [1.807, 2.05) is 28.0 Å². The summed E-state index contributed by atoms with van der Waals surface area (Å²) in [6.45, 7) is 13.0. The molecule has 19 heteroatoms. The van der Waals surface area contributed by atoms with Crippen molar-refractivity contribution in [3.63, 3.8) is 0 Å². The van der Waals surface area contributed by atoms with Gasteiger partial charge in [0.2, 0.25) is 23.6 Å². The van der Waals surface area contributed by atoms with E-state index < -0.39 is 17.5 Å². The van der Waals surface area contributed by atoms with Gasteiger partial charge < -0.3 is 30.7 Å². The molecule has 5 fully saturated rings. The smallest absolute Gasteiger partial charge is 0.272 e. The third-order valence-corrected chi connectivity index (χ3v) is 16.8. The number of amides is 5. The van der Waals surface area contributed by atoms with E-state index in [4.69, 9.17) is 5.73 Å². The number of aromatic nitrogens is 2. The molecule has 16 nitrogen and oxygen atoms in total. The van der Waals surface area contributed by atoms with Crippen molar-refractivity contribution in [3.05, 3.63) is 147 Å². The molecule has 0 spiro atoms. The highest BCUT2D eigenvalue weighted by Gasteiger charge is 2.36. The van der Waals surface area contributed by atoms with E-state index in [0.29, 0.717) is 91.1 Å². The Bertz CT molecular complexity index is 3000. The third-order valence-electron chi connectivity index (χ3n) is 16.8. The van der Waals surface area contributed by atoms with Crippen molar-refractivity contribution in [3.8, 4) is 0 Å². The number of piperidine rings is 2. The molecule has 5 aromatic rings. The fourth-order valence-electron chi connectivity index (χ4n) is 12.3. The molecule has 4 aromatic carbocycles. The zero-order chi connectivity index (χ0) is 58.1. The molecule has 440 valence electrons. The van der Waals surface area contributed by atoms with Crippen LogP contribution in [0.2, 0.25) is 0 Å². The first-order valence-electron chi connectivity index (χ1n) is 29.4. The van der Waals surface area contributed by atoms with Gasteiger partial charge in [-0.25, -0.2) is 18.3 Å². The Hall–Kier alpha value is -6.96. The Morgan fingerprint density at radius 2 is 1.27 bits per heavy atom. The minimum atomic E-state index is -0.592. The van der Waals surface area contributed by atoms with Crippen molar-refractivity contribution in [2.75, 3.05) is 85.1 Å². The summed E-state index contributed by atoms with van der Waals surface area (Å²) in [4.78, 5) is 86.8. The maximum absolute atomic E-state index is 15.0. The number of primary amides is 1. The molecule has 4 saturated heterocycles. The molecule has 10 rings (SSSR count). The minimum Gasteiger partial charge on any atom is -0.366 e. The number of H-pyrrole nitrogens is 1. The van der Waals surface area contributed by atoms with Gasteiger partial charge in [0.25, 0.3) is 11.5 Å². The SMILES string of the molecule is CC1CN(CC2CCN(CC(=O)N3CCN(C(=O)c4cc(Cc5n[nH]c(=O)c6ccccc56)ccc4F)CC3)CC2)C[C@@H](C)N1C(=O)CC1CCCCC1.NC(=O)c1ccccc1.O=C(CNCc1ccc(F)cc1F)N1CCCCC1. The first-order chi connectivity index (χ1) is 39.6. The number of carbonyl (C=O) groups is 5. The molecular weight excluding hydrogens is 1050 g/mol. The number of carbonyl (C=O) groups excluding carboxylic acids is 5. The number of fused-ring (bicyclic) bond motifs is 1. The molecule has 0 radical (unpaired) electrons. The highest BCUT2D eigenvalue weighted by molar-refractivity contribution is 5.95. The predicted octanol–water partition coefficient (Wildman–Crippen LogP) is 7.39. The number of hydrogen-bond acceptors (Lipinski definition) is 10. The molecule has 2 atom stereocenters. The molecule has 5 aliphatic rings. The van der Waals surface area contributed by atoms with E-state index in [9.17, 15) is 41.9 Å². The summed E-state index contributed by atoms with van der Waals surface area (Å²) in [7, 11) is 0. The van der Waals surface area contributed by atoms with Gasteiger partial charge in [0.15, 0.2) is 0 Å². The molecule has 0 bridgehead atoms. The number of piperazine rings is 2. The van der Waals surface area contributed by atoms with Crippen LogP contribution in [-0.4, -0.2) is 166 Å². The lowest BCUT2D eigenvalue weighted by Gasteiger charge is -2.46. The zero-order valence-electron chi connectivity index (χ0n) is 47.6. The van der Waals surface area contributed by atoms with Crippen molar-refractivity contribution in [1.29, 1.82) is 0 Å². The average Bonchev–Trinajstić information content (AvgIpc) is 3.49. The van der Waals surface area contributed by atoms with Gasteiger partial charge in [-0.15, -0.1) is 0 Å². The average molecular weight is 1130 g/mol. The fraction of sp³-hybridized carbons (Fsp3) is 0.508. The Kier molecular flexibility index (Phi) is 22.2. The highest BCUT2D eigenvalue weighted by Crippen LogP contribution is 2.30. The van der Waals surface area contributed by atoms with Crippen LogP contribution in [0.15, 0.2) is 95.8 Å². The van der Waals surface area contributed by atoms with E-state index in [1.54, 1.807) is 53.4 Å². The lowest BCUT2D eigenvalue weighted by atomic mass is 9.86. The van der Waals surface area contributed by atoms with E-state index in [-0.39, 0.29) is 59.9 Å². The van der Waals surface area contributed by atoms with E-state index in [0.717, 1.165) is 82.9 Å². The van der Waals surface area contributed by atoms with Crippen LogP contribution in [-0.2, 0) is 27.3 Å². The highest BCUT2D eigenvalue weighted by atomic mass is 19.1. The van der Waals surface area contributed by atoms with Gasteiger partial charge in [0.1, 0.15) is 17.5 Å². The second kappa shape index (κ2) is 29.8. The van der Waals surface area contributed by atoms with Gasteiger partial charge in [-0.05, 0) is 126 Å². The summed E-state index contributed by atoms with van der Waals surface area (Å²) < 4.78 is 41.1. The molecule has 5 amide bonds. The minimum absolute atomic E-state index is 0.00202. The van der Waals surface area contributed by atoms with Crippen LogP contribution in [0.1, 0.15) is 122 Å². The zero-order valence-corrected chi connectivity index (χ0v) is 47.6. The lowest BCUT2D eigenvalue weighted by molar-refractivity contribution is -0.140. The number of aromatic amines is 1. The van der Waals surface area contributed by atoms with E-state index in [1.165, 1.54) is 56.7 Å². The van der Waals surface area contributed by atoms with Crippen LogP contribution >= 0.6 is 0 Å². The maximum Gasteiger partial charge on any atom is 0.272 e. The Morgan fingerprint density at radius 1 is 0.634 bits per heavy atom. The largest absolute Gasteiger partial charge is 0.366 e. The van der Waals surface area contributed by atoms with Gasteiger partial charge in [0, 0.05) is 113 Å². The summed E-state index contributed by atoms with van der Waals surface area (Å²) in [5.41, 5.74) is 6.98. The number of rotatable bonds is 14. The number of nitrogens with one attached hydrogen (secondary N) is 2. The Balaban J connectivity index is 0.000000255. The number of halogens is 3.